The predicted molar refractivity (Wildman–Crippen MR) is 71.6 cm³/mol. The van der Waals surface area contributed by atoms with Gasteiger partial charge in [-0.15, -0.1) is 0 Å². The molecule has 0 aliphatic rings. The fourth-order valence-corrected chi connectivity index (χ4v) is 1.93. The second-order valence-electron chi connectivity index (χ2n) is 4.46. The molecular formula is C12H18N6O. The van der Waals surface area contributed by atoms with Crippen LogP contribution in [0.1, 0.15) is 21.9 Å². The van der Waals surface area contributed by atoms with Crippen molar-refractivity contribution < 1.29 is 4.79 Å². The predicted octanol–water partition coefficient (Wildman–Crippen LogP) is 0.0167. The first-order valence-corrected chi connectivity index (χ1v) is 6.05. The standard InChI is InChI=1S/C12H18N6O/c1-8-10(13)11(18(3)15-8)12(19)14-6-4-9-5-7-17(2)16-9/h5,7H,4,6,13H2,1-3H3,(H,14,19). The molecule has 7 nitrogen and oxygen atoms in total. The van der Waals surface area contributed by atoms with Gasteiger partial charge in [-0.3, -0.25) is 14.2 Å². The highest BCUT2D eigenvalue weighted by molar-refractivity contribution is 5.97. The van der Waals surface area contributed by atoms with Gasteiger partial charge in [0.25, 0.3) is 5.91 Å². The highest BCUT2D eigenvalue weighted by atomic mass is 16.2. The first kappa shape index (κ1) is 13.1. The number of rotatable bonds is 4. The Balaban J connectivity index is 1.94. The van der Waals surface area contributed by atoms with Gasteiger partial charge in [0.1, 0.15) is 5.69 Å². The molecule has 1 amide bonds. The number of nitrogens with zero attached hydrogens (tertiary/aromatic N) is 4. The zero-order valence-corrected chi connectivity index (χ0v) is 11.3. The van der Waals surface area contributed by atoms with Crippen LogP contribution in [0.25, 0.3) is 0 Å². The molecule has 2 aromatic rings. The van der Waals surface area contributed by atoms with E-state index in [4.69, 9.17) is 5.73 Å². The van der Waals surface area contributed by atoms with Crippen LogP contribution in [-0.2, 0) is 20.5 Å². The number of anilines is 1. The molecule has 0 aromatic carbocycles. The summed E-state index contributed by atoms with van der Waals surface area (Å²) in [5.74, 6) is -0.212. The van der Waals surface area contributed by atoms with Crippen molar-refractivity contribution in [2.24, 2.45) is 14.1 Å². The second-order valence-corrected chi connectivity index (χ2v) is 4.46. The van der Waals surface area contributed by atoms with Crippen LogP contribution in [0, 0.1) is 6.92 Å². The van der Waals surface area contributed by atoms with Crippen molar-refractivity contribution in [3.8, 4) is 0 Å². The summed E-state index contributed by atoms with van der Waals surface area (Å²) in [4.78, 5) is 12.0. The number of amides is 1. The van der Waals surface area contributed by atoms with Crippen LogP contribution in [0.5, 0.6) is 0 Å². The molecule has 102 valence electrons. The van der Waals surface area contributed by atoms with E-state index in [1.807, 2.05) is 19.3 Å². The summed E-state index contributed by atoms with van der Waals surface area (Å²) in [6.45, 7) is 2.29. The first-order valence-electron chi connectivity index (χ1n) is 6.05. The van der Waals surface area contributed by atoms with E-state index < -0.39 is 0 Å². The fourth-order valence-electron chi connectivity index (χ4n) is 1.93. The lowest BCUT2D eigenvalue weighted by atomic mass is 10.2. The highest BCUT2D eigenvalue weighted by Crippen LogP contribution is 2.14. The normalized spacial score (nSPS) is 10.7. The largest absolute Gasteiger partial charge is 0.395 e. The summed E-state index contributed by atoms with van der Waals surface area (Å²) in [5, 5.41) is 11.2. The van der Waals surface area contributed by atoms with Crippen LogP contribution in [0.15, 0.2) is 12.3 Å². The van der Waals surface area contributed by atoms with E-state index in [0.29, 0.717) is 30.0 Å². The molecule has 2 heterocycles. The van der Waals surface area contributed by atoms with Crippen LogP contribution in [-0.4, -0.2) is 32.0 Å². The van der Waals surface area contributed by atoms with Crippen LogP contribution in [0.2, 0.25) is 0 Å². The summed E-state index contributed by atoms with van der Waals surface area (Å²) in [5.41, 5.74) is 8.27. The molecule has 2 aromatic heterocycles. The molecule has 0 saturated carbocycles. The second kappa shape index (κ2) is 5.13. The number of aromatic nitrogens is 4. The van der Waals surface area contributed by atoms with Crippen molar-refractivity contribution in [2.45, 2.75) is 13.3 Å². The lowest BCUT2D eigenvalue weighted by molar-refractivity contribution is 0.0945. The third-order valence-electron chi connectivity index (χ3n) is 2.92. The SMILES string of the molecule is Cc1nn(C)c(C(=O)NCCc2ccn(C)n2)c1N. The van der Waals surface area contributed by atoms with E-state index in [1.54, 1.807) is 18.7 Å². The number of carbonyl (C=O) groups is 1. The van der Waals surface area contributed by atoms with Crippen LogP contribution < -0.4 is 11.1 Å². The number of aryl methyl sites for hydroxylation is 3. The lowest BCUT2D eigenvalue weighted by Crippen LogP contribution is -2.28. The van der Waals surface area contributed by atoms with Crippen molar-refractivity contribution in [3.05, 3.63) is 29.3 Å². The van der Waals surface area contributed by atoms with Crippen molar-refractivity contribution in [1.82, 2.24) is 24.9 Å². The quantitative estimate of drug-likeness (QED) is 0.812. The van der Waals surface area contributed by atoms with E-state index in [-0.39, 0.29) is 5.91 Å². The zero-order chi connectivity index (χ0) is 14.0. The number of carbonyl (C=O) groups excluding carboxylic acids is 1. The summed E-state index contributed by atoms with van der Waals surface area (Å²) >= 11 is 0. The molecule has 0 fully saturated rings. The van der Waals surface area contributed by atoms with E-state index >= 15 is 0 Å². The third kappa shape index (κ3) is 2.75. The van der Waals surface area contributed by atoms with E-state index in [9.17, 15) is 4.79 Å². The van der Waals surface area contributed by atoms with Gasteiger partial charge in [-0.2, -0.15) is 10.2 Å². The van der Waals surface area contributed by atoms with Crippen LogP contribution in [0.3, 0.4) is 0 Å². The van der Waals surface area contributed by atoms with Gasteiger partial charge in [-0.05, 0) is 13.0 Å². The summed E-state index contributed by atoms with van der Waals surface area (Å²) in [6.07, 6.45) is 2.56. The zero-order valence-electron chi connectivity index (χ0n) is 11.3. The molecule has 2 rings (SSSR count). The minimum Gasteiger partial charge on any atom is -0.395 e. The first-order chi connectivity index (χ1) is 8.99. The average Bonchev–Trinajstić information content (AvgIpc) is 2.84. The van der Waals surface area contributed by atoms with Gasteiger partial charge in [0.15, 0.2) is 0 Å². The number of nitrogens with one attached hydrogen (secondary N) is 1. The number of hydrogen-bond acceptors (Lipinski definition) is 4. The van der Waals surface area contributed by atoms with Gasteiger partial charge < -0.3 is 11.1 Å². The number of nitrogen functional groups attached to an aromatic ring is 1. The third-order valence-corrected chi connectivity index (χ3v) is 2.92. The lowest BCUT2D eigenvalue weighted by Gasteiger charge is -2.05. The van der Waals surface area contributed by atoms with Crippen molar-refractivity contribution in [2.75, 3.05) is 12.3 Å². The smallest absolute Gasteiger partial charge is 0.271 e. The van der Waals surface area contributed by atoms with Gasteiger partial charge in [0.2, 0.25) is 0 Å². The average molecular weight is 262 g/mol. The van der Waals surface area contributed by atoms with Crippen molar-refractivity contribution >= 4 is 11.6 Å². The molecule has 0 bridgehead atoms. The molecule has 0 aliphatic heterocycles. The maximum Gasteiger partial charge on any atom is 0.271 e. The van der Waals surface area contributed by atoms with Crippen molar-refractivity contribution in [3.63, 3.8) is 0 Å². The molecule has 0 spiro atoms. The number of nitrogens with two attached hydrogens (primary N) is 1. The van der Waals surface area contributed by atoms with Gasteiger partial charge in [0, 0.05) is 33.3 Å². The van der Waals surface area contributed by atoms with Crippen molar-refractivity contribution in [1.29, 1.82) is 0 Å². The maximum atomic E-state index is 12.0. The molecule has 0 unspecified atom stereocenters. The van der Waals surface area contributed by atoms with E-state index in [2.05, 4.69) is 15.5 Å². The molecule has 19 heavy (non-hydrogen) atoms. The Morgan fingerprint density at radius 2 is 2.16 bits per heavy atom. The van der Waals surface area contributed by atoms with E-state index in [0.717, 1.165) is 5.69 Å². The Kier molecular flexibility index (Phi) is 3.55. The minimum atomic E-state index is -0.212. The molecule has 3 N–H and O–H groups in total. The topological polar surface area (TPSA) is 90.8 Å². The Bertz CT molecular complexity index is 597. The van der Waals surface area contributed by atoms with Gasteiger partial charge in [-0.1, -0.05) is 0 Å². The summed E-state index contributed by atoms with van der Waals surface area (Å²) in [7, 11) is 3.57. The Morgan fingerprint density at radius 1 is 1.42 bits per heavy atom. The number of hydrogen-bond donors (Lipinski definition) is 2. The minimum absolute atomic E-state index is 0.212. The Labute approximate surface area is 111 Å². The molecule has 0 aliphatic carbocycles. The van der Waals surface area contributed by atoms with E-state index in [1.165, 1.54) is 4.68 Å². The Hall–Kier alpha value is -2.31. The van der Waals surface area contributed by atoms with Crippen LogP contribution >= 0.6 is 0 Å². The molecular weight excluding hydrogens is 244 g/mol. The maximum absolute atomic E-state index is 12.0. The summed E-state index contributed by atoms with van der Waals surface area (Å²) in [6, 6.07) is 1.93. The molecule has 0 radical (unpaired) electrons. The van der Waals surface area contributed by atoms with Gasteiger partial charge >= 0.3 is 0 Å². The van der Waals surface area contributed by atoms with Gasteiger partial charge in [0.05, 0.1) is 17.1 Å². The molecule has 7 heteroatoms. The monoisotopic (exact) mass is 262 g/mol. The van der Waals surface area contributed by atoms with Crippen LogP contribution in [0.4, 0.5) is 5.69 Å². The molecule has 0 atom stereocenters. The Morgan fingerprint density at radius 3 is 2.68 bits per heavy atom. The highest BCUT2D eigenvalue weighted by Gasteiger charge is 2.17. The summed E-state index contributed by atoms with van der Waals surface area (Å²) < 4.78 is 3.24. The molecule has 0 saturated heterocycles. The fraction of sp³-hybridized carbons (Fsp3) is 0.417. The van der Waals surface area contributed by atoms with Gasteiger partial charge in [-0.25, -0.2) is 0 Å².